The highest BCUT2D eigenvalue weighted by molar-refractivity contribution is 8.14. The van der Waals surface area contributed by atoms with Gasteiger partial charge in [-0.3, -0.25) is 28.8 Å². The standard InChI is InChI=1S/C29H28N2O8S/c1-12-4-6-15(7-5-12)40-28(38)17-11-18(31(2)3)16-9-13-8-14-10-19(32)22(27(30)37)26(36)29(14,39)25(35)20(13)24(34)21(16)23(17)33/h4-7,11,13-14,20,22,33,39H,8-10H2,1-3H3,(H2,30,37)/t13-,14+,20?,22?,29+/m1/s1. The Morgan fingerprint density at radius 2 is 1.70 bits per heavy atom. The van der Waals surface area contributed by atoms with Crippen molar-refractivity contribution in [2.24, 2.45) is 29.4 Å². The molecule has 5 atom stereocenters. The molecule has 2 saturated carbocycles. The Bertz CT molecular complexity index is 1510. The van der Waals surface area contributed by atoms with Crippen LogP contribution in [-0.2, 0) is 25.6 Å². The Morgan fingerprint density at radius 1 is 1.05 bits per heavy atom. The van der Waals surface area contributed by atoms with Crippen LogP contribution in [0, 0.1) is 30.6 Å². The Balaban J connectivity index is 1.58. The number of Topliss-reactive ketones (excluding diaryl/α,β-unsaturated/α-hetero) is 4. The van der Waals surface area contributed by atoms with Gasteiger partial charge in [0.15, 0.2) is 34.7 Å². The molecule has 0 spiro atoms. The number of nitrogens with two attached hydrogens (primary N) is 1. The number of hydrogen-bond acceptors (Lipinski definition) is 10. The number of anilines is 1. The molecule has 40 heavy (non-hydrogen) atoms. The van der Waals surface area contributed by atoms with E-state index in [1.54, 1.807) is 31.1 Å². The molecule has 0 bridgehead atoms. The van der Waals surface area contributed by atoms with Crippen LogP contribution in [0.4, 0.5) is 5.69 Å². The van der Waals surface area contributed by atoms with E-state index in [4.69, 9.17) is 5.73 Å². The van der Waals surface area contributed by atoms with Crippen LogP contribution in [0.1, 0.15) is 44.7 Å². The summed E-state index contributed by atoms with van der Waals surface area (Å²) in [5.41, 5.74) is 4.13. The number of primary amides is 1. The first-order valence-corrected chi connectivity index (χ1v) is 13.6. The van der Waals surface area contributed by atoms with Crippen molar-refractivity contribution >= 4 is 51.6 Å². The maximum atomic E-state index is 13.9. The van der Waals surface area contributed by atoms with Gasteiger partial charge in [0.05, 0.1) is 17.0 Å². The quantitative estimate of drug-likeness (QED) is 0.366. The second-order valence-electron chi connectivity index (χ2n) is 11.0. The molecule has 2 aromatic rings. The predicted molar refractivity (Wildman–Crippen MR) is 144 cm³/mol. The molecule has 2 fully saturated rings. The van der Waals surface area contributed by atoms with Crippen LogP contribution in [0.15, 0.2) is 35.2 Å². The van der Waals surface area contributed by atoms with E-state index in [1.165, 1.54) is 6.07 Å². The largest absolute Gasteiger partial charge is 0.506 e. The number of carbonyl (C=O) groups excluding carboxylic acids is 6. The van der Waals surface area contributed by atoms with E-state index in [2.05, 4.69) is 0 Å². The van der Waals surface area contributed by atoms with Crippen LogP contribution < -0.4 is 10.6 Å². The fraction of sp³-hybridized carbons (Fsp3) is 0.379. The Kier molecular flexibility index (Phi) is 6.70. The third kappa shape index (κ3) is 4.06. The minimum atomic E-state index is -2.73. The fourth-order valence-electron chi connectivity index (χ4n) is 6.34. The average Bonchev–Trinajstić information content (AvgIpc) is 2.87. The first-order chi connectivity index (χ1) is 18.8. The summed E-state index contributed by atoms with van der Waals surface area (Å²) in [5.74, 6) is -11.1. The molecule has 4 N–H and O–H groups in total. The molecule has 0 heterocycles. The summed E-state index contributed by atoms with van der Waals surface area (Å²) in [4.78, 5) is 80.7. The number of hydrogen-bond donors (Lipinski definition) is 3. The van der Waals surface area contributed by atoms with Crippen LogP contribution in [0.25, 0.3) is 0 Å². The summed E-state index contributed by atoms with van der Waals surface area (Å²) in [7, 11) is 3.44. The third-order valence-corrected chi connectivity index (χ3v) is 9.23. The van der Waals surface area contributed by atoms with Gasteiger partial charge in [0.1, 0.15) is 5.75 Å². The van der Waals surface area contributed by atoms with Gasteiger partial charge in [-0.05, 0) is 61.2 Å². The minimum Gasteiger partial charge on any atom is -0.506 e. The van der Waals surface area contributed by atoms with Crippen molar-refractivity contribution in [3.63, 3.8) is 0 Å². The molecule has 2 aromatic carbocycles. The number of aliphatic hydroxyl groups is 1. The van der Waals surface area contributed by atoms with Gasteiger partial charge in [-0.2, -0.15) is 0 Å². The molecule has 0 aromatic heterocycles. The van der Waals surface area contributed by atoms with Crippen molar-refractivity contribution in [3.8, 4) is 5.75 Å². The van der Waals surface area contributed by atoms with E-state index in [-0.39, 0.29) is 24.0 Å². The predicted octanol–water partition coefficient (Wildman–Crippen LogP) is 1.63. The first-order valence-electron chi connectivity index (χ1n) is 12.8. The van der Waals surface area contributed by atoms with Gasteiger partial charge < -0.3 is 20.8 Å². The van der Waals surface area contributed by atoms with E-state index in [9.17, 15) is 39.0 Å². The first kappa shape index (κ1) is 27.7. The zero-order chi connectivity index (χ0) is 29.3. The molecular formula is C29H28N2O8S. The van der Waals surface area contributed by atoms with Crippen LogP contribution in [0.5, 0.6) is 5.75 Å². The zero-order valence-corrected chi connectivity index (χ0v) is 22.9. The Labute approximate surface area is 233 Å². The summed E-state index contributed by atoms with van der Waals surface area (Å²) in [6.45, 7) is 1.91. The third-order valence-electron chi connectivity index (χ3n) is 8.31. The lowest BCUT2D eigenvalue weighted by Crippen LogP contribution is -2.68. The highest BCUT2D eigenvalue weighted by Crippen LogP contribution is 2.51. The van der Waals surface area contributed by atoms with Crippen molar-refractivity contribution in [2.75, 3.05) is 19.0 Å². The van der Waals surface area contributed by atoms with Gasteiger partial charge in [0, 0.05) is 37.0 Å². The van der Waals surface area contributed by atoms with Gasteiger partial charge in [-0.15, -0.1) is 0 Å². The molecular weight excluding hydrogens is 536 g/mol. The normalized spacial score (nSPS) is 27.5. The summed E-state index contributed by atoms with van der Waals surface area (Å²) >= 11 is 0.877. The molecule has 3 aliphatic carbocycles. The molecule has 10 nitrogen and oxygen atoms in total. The summed E-state index contributed by atoms with van der Waals surface area (Å²) in [6, 6.07) is 8.72. The number of fused-ring (bicyclic) bond motifs is 3. The molecule has 0 saturated heterocycles. The van der Waals surface area contributed by atoms with Gasteiger partial charge in [-0.25, -0.2) is 0 Å². The van der Waals surface area contributed by atoms with Crippen molar-refractivity contribution in [2.45, 2.75) is 36.7 Å². The number of phenolic OH excluding ortho intramolecular Hbond substituents is 1. The van der Waals surface area contributed by atoms with Crippen molar-refractivity contribution in [1.29, 1.82) is 0 Å². The zero-order valence-electron chi connectivity index (χ0n) is 22.1. The van der Waals surface area contributed by atoms with E-state index >= 15 is 0 Å². The monoisotopic (exact) mass is 564 g/mol. The number of benzene rings is 2. The van der Waals surface area contributed by atoms with Gasteiger partial charge in [0.25, 0.3) is 0 Å². The number of nitrogens with zero attached hydrogens (tertiary/aromatic N) is 1. The van der Waals surface area contributed by atoms with Crippen molar-refractivity contribution in [3.05, 3.63) is 52.6 Å². The number of carbonyl (C=O) groups is 6. The van der Waals surface area contributed by atoms with E-state index in [0.717, 1.165) is 17.3 Å². The number of aromatic hydroxyl groups is 1. The lowest BCUT2D eigenvalue weighted by Gasteiger charge is -2.48. The van der Waals surface area contributed by atoms with E-state index in [1.807, 2.05) is 19.1 Å². The Hall–Kier alpha value is -3.83. The highest BCUT2D eigenvalue weighted by atomic mass is 32.2. The van der Waals surface area contributed by atoms with Crippen LogP contribution in [0.2, 0.25) is 0 Å². The van der Waals surface area contributed by atoms with Gasteiger partial charge in [0.2, 0.25) is 11.0 Å². The molecule has 0 radical (unpaired) electrons. The molecule has 3 aliphatic rings. The molecule has 5 rings (SSSR count). The number of ketones is 4. The van der Waals surface area contributed by atoms with Crippen LogP contribution >= 0.6 is 11.8 Å². The summed E-state index contributed by atoms with van der Waals surface area (Å²) < 4.78 is 0. The molecule has 0 aliphatic heterocycles. The number of rotatable bonds is 4. The minimum absolute atomic E-state index is 0.00135. The molecule has 11 heteroatoms. The Morgan fingerprint density at radius 3 is 2.30 bits per heavy atom. The maximum Gasteiger partial charge on any atom is 0.235 e. The number of phenols is 1. The van der Waals surface area contributed by atoms with E-state index in [0.29, 0.717) is 16.1 Å². The van der Waals surface area contributed by atoms with Crippen LogP contribution in [0.3, 0.4) is 0 Å². The number of amides is 1. The lowest BCUT2D eigenvalue weighted by molar-refractivity contribution is -0.175. The lowest BCUT2D eigenvalue weighted by atomic mass is 9.53. The molecule has 208 valence electrons. The topological polar surface area (TPSA) is 172 Å². The molecule has 1 amide bonds. The van der Waals surface area contributed by atoms with E-state index < -0.39 is 75.6 Å². The van der Waals surface area contributed by atoms with Crippen LogP contribution in [-0.4, -0.2) is 64.1 Å². The average molecular weight is 565 g/mol. The fourth-order valence-corrected chi connectivity index (χ4v) is 7.09. The van der Waals surface area contributed by atoms with Crippen molar-refractivity contribution in [1.82, 2.24) is 0 Å². The van der Waals surface area contributed by atoms with Gasteiger partial charge in [-0.1, -0.05) is 17.7 Å². The van der Waals surface area contributed by atoms with Gasteiger partial charge >= 0.3 is 0 Å². The smallest absolute Gasteiger partial charge is 0.235 e. The SMILES string of the molecule is Cc1ccc(SC(=O)c2cc(N(C)C)c3c(c2O)C(=O)C2C(=O)[C@]4(O)C(=O)C(C(N)=O)C(=O)C[C@@H]4C[C@@H]2C3)cc1. The highest BCUT2D eigenvalue weighted by Gasteiger charge is 2.66. The number of aryl methyl sites for hydroxylation is 1. The summed E-state index contributed by atoms with van der Waals surface area (Å²) in [5, 5.41) is 22.1. The maximum absolute atomic E-state index is 13.9. The van der Waals surface area contributed by atoms with Crippen molar-refractivity contribution < 1.29 is 39.0 Å². The molecule has 2 unspecified atom stereocenters. The second kappa shape index (κ2) is 9.67. The summed E-state index contributed by atoms with van der Waals surface area (Å²) in [6.07, 6.45) is -0.272. The second-order valence-corrected chi connectivity index (χ2v) is 12.0. The number of thioether (sulfide) groups is 1.